The minimum atomic E-state index is -0.563. The number of carbonyl (C=O) groups excluding carboxylic acids is 1. The molecule has 1 amide bonds. The minimum absolute atomic E-state index is 0.00981. The summed E-state index contributed by atoms with van der Waals surface area (Å²) in [7, 11) is 0. The van der Waals surface area contributed by atoms with Gasteiger partial charge in [0, 0.05) is 11.7 Å². The maximum Gasteiger partial charge on any atom is 0.254 e. The molecule has 1 atom stereocenters. The molecule has 1 aromatic carbocycles. The molecule has 26 heavy (non-hydrogen) atoms. The number of anilines is 1. The van der Waals surface area contributed by atoms with Crippen molar-refractivity contribution in [3.05, 3.63) is 59.7 Å². The average molecular weight is 353 g/mol. The van der Waals surface area contributed by atoms with E-state index in [1.807, 2.05) is 12.1 Å². The molecule has 0 spiro atoms. The summed E-state index contributed by atoms with van der Waals surface area (Å²) in [6, 6.07) is 8.57. The number of carbonyl (C=O) groups is 1. The predicted octanol–water partition coefficient (Wildman–Crippen LogP) is 3.09. The van der Waals surface area contributed by atoms with Crippen LogP contribution in [0.5, 0.6) is 0 Å². The molecule has 7 heteroatoms. The van der Waals surface area contributed by atoms with Crippen molar-refractivity contribution in [3.63, 3.8) is 0 Å². The number of aromatic nitrogens is 3. The first-order chi connectivity index (χ1) is 12.4. The minimum Gasteiger partial charge on any atom is -0.365 e. The van der Waals surface area contributed by atoms with Crippen molar-refractivity contribution >= 4 is 17.4 Å². The average Bonchev–Trinajstić information content (AvgIpc) is 3.14. The fourth-order valence-corrected chi connectivity index (χ4v) is 3.83. The van der Waals surface area contributed by atoms with Gasteiger partial charge in [0.05, 0.1) is 12.2 Å². The van der Waals surface area contributed by atoms with Gasteiger partial charge in [-0.3, -0.25) is 4.79 Å². The quantitative estimate of drug-likeness (QED) is 0.785. The lowest BCUT2D eigenvalue weighted by Gasteiger charge is -2.37. The number of nitrogens with zero attached hydrogens (tertiary/aromatic N) is 4. The zero-order valence-corrected chi connectivity index (χ0v) is 14.7. The van der Waals surface area contributed by atoms with E-state index in [2.05, 4.69) is 28.8 Å². The molecule has 1 fully saturated rings. The number of primary amides is 1. The zero-order valence-electron chi connectivity index (χ0n) is 14.7. The number of halogens is 1. The van der Waals surface area contributed by atoms with E-state index in [0.29, 0.717) is 5.65 Å². The highest BCUT2D eigenvalue weighted by Crippen LogP contribution is 2.44. The van der Waals surface area contributed by atoms with Crippen molar-refractivity contribution in [2.45, 2.75) is 38.3 Å². The van der Waals surface area contributed by atoms with Gasteiger partial charge in [0.2, 0.25) is 0 Å². The highest BCUT2D eigenvalue weighted by Gasteiger charge is 2.41. The van der Waals surface area contributed by atoms with Crippen LogP contribution in [0.3, 0.4) is 0 Å². The van der Waals surface area contributed by atoms with Gasteiger partial charge in [-0.05, 0) is 50.5 Å². The van der Waals surface area contributed by atoms with E-state index in [4.69, 9.17) is 5.73 Å². The molecule has 4 rings (SSSR count). The summed E-state index contributed by atoms with van der Waals surface area (Å²) in [6.07, 6.45) is 5.03. The number of nitrogens with two attached hydrogens (primary N) is 1. The molecular formula is C19H20FN5O. The summed E-state index contributed by atoms with van der Waals surface area (Å²) >= 11 is 0. The van der Waals surface area contributed by atoms with E-state index < -0.39 is 5.91 Å². The van der Waals surface area contributed by atoms with Crippen molar-refractivity contribution in [1.29, 1.82) is 0 Å². The third-order valence-electron chi connectivity index (χ3n) is 5.09. The highest BCUT2D eigenvalue weighted by molar-refractivity contribution is 5.98. The van der Waals surface area contributed by atoms with Crippen LogP contribution in [0, 0.1) is 5.82 Å². The van der Waals surface area contributed by atoms with E-state index >= 15 is 0 Å². The second kappa shape index (κ2) is 5.79. The van der Waals surface area contributed by atoms with Gasteiger partial charge in [0.25, 0.3) is 5.91 Å². The van der Waals surface area contributed by atoms with Crippen molar-refractivity contribution in [1.82, 2.24) is 14.6 Å². The summed E-state index contributed by atoms with van der Waals surface area (Å²) in [4.78, 5) is 18.5. The van der Waals surface area contributed by atoms with E-state index in [9.17, 15) is 9.18 Å². The molecule has 2 N–H and O–H groups in total. The SMILES string of the molecule is CC1(C)CCC(c2cccc(F)c2)N1c1ccn2ncc(C(N)=O)c2n1. The lowest BCUT2D eigenvalue weighted by molar-refractivity contribution is 0.100. The Bertz CT molecular complexity index is 997. The van der Waals surface area contributed by atoms with Gasteiger partial charge in [-0.1, -0.05) is 12.1 Å². The number of fused-ring (bicyclic) bond motifs is 1. The largest absolute Gasteiger partial charge is 0.365 e. The van der Waals surface area contributed by atoms with Gasteiger partial charge in [0.15, 0.2) is 5.65 Å². The Hall–Kier alpha value is -2.96. The molecule has 1 aliphatic rings. The number of hydrogen-bond acceptors (Lipinski definition) is 4. The maximum atomic E-state index is 13.8. The third kappa shape index (κ3) is 2.60. The van der Waals surface area contributed by atoms with Crippen LogP contribution in [-0.4, -0.2) is 26.0 Å². The van der Waals surface area contributed by atoms with Gasteiger partial charge in [-0.15, -0.1) is 0 Å². The van der Waals surface area contributed by atoms with Gasteiger partial charge in [-0.25, -0.2) is 13.9 Å². The first-order valence-corrected chi connectivity index (χ1v) is 8.56. The second-order valence-corrected chi connectivity index (χ2v) is 7.27. The molecule has 3 heterocycles. The predicted molar refractivity (Wildman–Crippen MR) is 96.4 cm³/mol. The summed E-state index contributed by atoms with van der Waals surface area (Å²) in [5, 5.41) is 4.12. The number of rotatable bonds is 3. The zero-order chi connectivity index (χ0) is 18.5. The molecule has 0 bridgehead atoms. The van der Waals surface area contributed by atoms with Crippen molar-refractivity contribution in [2.75, 3.05) is 4.90 Å². The van der Waals surface area contributed by atoms with Crippen molar-refractivity contribution in [3.8, 4) is 0 Å². The van der Waals surface area contributed by atoms with E-state index in [-0.39, 0.29) is 23.0 Å². The van der Waals surface area contributed by atoms with Crippen LogP contribution >= 0.6 is 0 Å². The monoisotopic (exact) mass is 353 g/mol. The van der Waals surface area contributed by atoms with Gasteiger partial charge in [0.1, 0.15) is 17.2 Å². The molecule has 2 aromatic heterocycles. The standard InChI is InChI=1S/C19H20FN5O/c1-19(2)8-6-15(12-4-3-5-13(20)10-12)25(19)16-7-9-24-18(23-16)14(11-22-24)17(21)26/h3-5,7,9-11,15H,6,8H2,1-2H3,(H2,21,26). The summed E-state index contributed by atoms with van der Waals surface area (Å²) < 4.78 is 15.3. The lowest BCUT2D eigenvalue weighted by Crippen LogP contribution is -2.40. The number of amides is 1. The van der Waals surface area contributed by atoms with Crippen LogP contribution < -0.4 is 10.6 Å². The first kappa shape index (κ1) is 16.5. The van der Waals surface area contributed by atoms with Crippen LogP contribution in [0.15, 0.2) is 42.7 Å². The molecule has 6 nitrogen and oxygen atoms in total. The Morgan fingerprint density at radius 1 is 1.35 bits per heavy atom. The van der Waals surface area contributed by atoms with E-state index in [1.54, 1.807) is 18.3 Å². The number of hydrogen-bond donors (Lipinski definition) is 1. The summed E-state index contributed by atoms with van der Waals surface area (Å²) in [6.45, 7) is 4.28. The Morgan fingerprint density at radius 3 is 2.88 bits per heavy atom. The topological polar surface area (TPSA) is 76.5 Å². The molecule has 0 aliphatic carbocycles. The second-order valence-electron chi connectivity index (χ2n) is 7.27. The van der Waals surface area contributed by atoms with Crippen LogP contribution in [0.4, 0.5) is 10.2 Å². The Morgan fingerprint density at radius 2 is 2.15 bits per heavy atom. The van der Waals surface area contributed by atoms with Crippen LogP contribution in [0.1, 0.15) is 48.7 Å². The highest BCUT2D eigenvalue weighted by atomic mass is 19.1. The van der Waals surface area contributed by atoms with Crippen LogP contribution in [0.25, 0.3) is 5.65 Å². The normalized spacial score (nSPS) is 19.2. The molecule has 0 radical (unpaired) electrons. The van der Waals surface area contributed by atoms with Crippen molar-refractivity contribution < 1.29 is 9.18 Å². The molecule has 0 saturated carbocycles. The molecule has 1 saturated heterocycles. The Kier molecular flexibility index (Phi) is 3.68. The van der Waals surface area contributed by atoms with Gasteiger partial charge < -0.3 is 10.6 Å². The molecule has 1 aliphatic heterocycles. The molecule has 1 unspecified atom stereocenters. The lowest BCUT2D eigenvalue weighted by atomic mass is 10.0. The summed E-state index contributed by atoms with van der Waals surface area (Å²) in [5.41, 5.74) is 6.90. The summed E-state index contributed by atoms with van der Waals surface area (Å²) in [5.74, 6) is -0.0911. The van der Waals surface area contributed by atoms with E-state index in [1.165, 1.54) is 16.8 Å². The number of benzene rings is 1. The molecular weight excluding hydrogens is 333 g/mol. The molecule has 134 valence electrons. The maximum absolute atomic E-state index is 13.8. The Labute approximate surface area is 150 Å². The molecule has 3 aromatic rings. The van der Waals surface area contributed by atoms with Crippen LogP contribution in [0.2, 0.25) is 0 Å². The van der Waals surface area contributed by atoms with Gasteiger partial charge >= 0.3 is 0 Å². The van der Waals surface area contributed by atoms with Gasteiger partial charge in [-0.2, -0.15) is 5.10 Å². The fourth-order valence-electron chi connectivity index (χ4n) is 3.83. The van der Waals surface area contributed by atoms with E-state index in [0.717, 1.165) is 24.2 Å². The van der Waals surface area contributed by atoms with Crippen LogP contribution in [-0.2, 0) is 0 Å². The fraction of sp³-hybridized carbons (Fsp3) is 0.316. The first-order valence-electron chi connectivity index (χ1n) is 8.56. The third-order valence-corrected chi connectivity index (χ3v) is 5.09. The van der Waals surface area contributed by atoms with Crippen molar-refractivity contribution in [2.24, 2.45) is 5.73 Å². The smallest absolute Gasteiger partial charge is 0.254 e. The Balaban J connectivity index is 1.83.